The van der Waals surface area contributed by atoms with Crippen LogP contribution >= 0.6 is 7.82 Å². The van der Waals surface area contributed by atoms with Gasteiger partial charge in [-0.25, -0.2) is 4.57 Å². The number of allylic oxidation sites excluding steroid dienone is 9. The third kappa shape index (κ3) is 43.3. The van der Waals surface area contributed by atoms with Gasteiger partial charge in [-0.15, -0.1) is 0 Å². The van der Waals surface area contributed by atoms with Gasteiger partial charge in [-0.05, 0) is 38.5 Å². The number of rotatable bonds is 41. The number of unbranched alkanes of at least 4 members (excludes halogenated alkanes) is 18. The van der Waals surface area contributed by atoms with Crippen molar-refractivity contribution >= 4 is 19.8 Å². The topological polar surface area (TPSA) is 108 Å². The summed E-state index contributed by atoms with van der Waals surface area (Å²) in [5.74, 6) is -0.944. The van der Waals surface area contributed by atoms with Gasteiger partial charge in [-0.1, -0.05) is 190 Å². The zero-order valence-electron chi connectivity index (χ0n) is 37.8. The molecule has 9 nitrogen and oxygen atoms in total. The van der Waals surface area contributed by atoms with Crippen LogP contribution in [0, 0.1) is 0 Å². The first kappa shape index (κ1) is 55.7. The normalized spacial score (nSPS) is 14.1. The second-order valence-electron chi connectivity index (χ2n) is 16.4. The molecule has 0 rings (SSSR count). The number of phosphoric ester groups is 1. The summed E-state index contributed by atoms with van der Waals surface area (Å²) in [6.07, 6.45) is 48.8. The summed E-state index contributed by atoms with van der Waals surface area (Å²) in [4.78, 5) is 35.3. The first-order chi connectivity index (χ1) is 28.0. The van der Waals surface area contributed by atoms with Crippen LogP contribution < -0.4 is 0 Å². The van der Waals surface area contributed by atoms with E-state index in [2.05, 4.69) is 56.4 Å². The molecule has 0 aliphatic rings. The number of hydrogen-bond acceptors (Lipinski definition) is 7. The zero-order valence-corrected chi connectivity index (χ0v) is 38.7. The molecule has 0 bridgehead atoms. The number of carbonyl (C=O) groups is 2. The highest BCUT2D eigenvalue weighted by molar-refractivity contribution is 7.47. The van der Waals surface area contributed by atoms with E-state index < -0.39 is 32.5 Å². The summed E-state index contributed by atoms with van der Waals surface area (Å²) in [7, 11) is 1.42. The van der Waals surface area contributed by atoms with E-state index in [1.807, 2.05) is 33.3 Å². The van der Waals surface area contributed by atoms with E-state index in [9.17, 15) is 19.0 Å². The fourth-order valence-electron chi connectivity index (χ4n) is 6.03. The van der Waals surface area contributed by atoms with Crippen LogP contribution in [-0.4, -0.2) is 74.9 Å². The molecule has 0 fully saturated rings. The van der Waals surface area contributed by atoms with Crippen LogP contribution in [0.15, 0.2) is 60.8 Å². The molecule has 0 saturated heterocycles. The molecule has 0 saturated carbocycles. The Morgan fingerprint density at radius 3 is 1.40 bits per heavy atom. The van der Waals surface area contributed by atoms with E-state index in [0.717, 1.165) is 44.9 Å². The van der Waals surface area contributed by atoms with Crippen molar-refractivity contribution in [2.75, 3.05) is 47.5 Å². The van der Waals surface area contributed by atoms with Crippen molar-refractivity contribution in [2.45, 2.75) is 187 Å². The fraction of sp³-hybridized carbons (Fsp3) is 0.750. The van der Waals surface area contributed by atoms with Gasteiger partial charge < -0.3 is 18.9 Å². The standard InChI is InChI=1S/C48H86NO8P/c1-6-8-10-12-14-16-18-20-22-23-24-25-27-28-30-32-34-36-38-40-47(50)54-44-46(45-56-58(52,53)55-43-42-49(3,4)5)57-48(51)41-39-37-35-33-31-29-26-21-19-17-15-13-11-9-7-2/h9,11,15,17,21,26,31,33,37,39,46H,6-8,10,12-14,16,18-20,22-25,27-30,32,34-36,38,40-45H2,1-5H3/p+1/b11-9-,17-15-,26-21-,33-31-,39-37-. The SMILES string of the molecule is CC/C=C\C/C=C\C/C=C\C/C=C\C/C=C\CC(=O)OC(COC(=O)CCCCCCCCCCCCCCCCCCCCC)COP(=O)(O)OCC[N+](C)(C)C. The molecule has 336 valence electrons. The molecular weight excluding hydrogens is 750 g/mol. The molecule has 0 aliphatic carbocycles. The molecule has 0 aromatic rings. The van der Waals surface area contributed by atoms with Crippen LogP contribution in [-0.2, 0) is 32.7 Å². The lowest BCUT2D eigenvalue weighted by Gasteiger charge is -2.24. The maximum atomic E-state index is 12.6. The summed E-state index contributed by atoms with van der Waals surface area (Å²) in [5, 5.41) is 0. The largest absolute Gasteiger partial charge is 0.472 e. The van der Waals surface area contributed by atoms with Crippen LogP contribution in [0.1, 0.15) is 181 Å². The molecule has 2 atom stereocenters. The lowest BCUT2D eigenvalue weighted by Crippen LogP contribution is -2.37. The second-order valence-corrected chi connectivity index (χ2v) is 17.9. The van der Waals surface area contributed by atoms with Crippen LogP contribution in [0.2, 0.25) is 0 Å². The van der Waals surface area contributed by atoms with Gasteiger partial charge in [-0.2, -0.15) is 0 Å². The lowest BCUT2D eigenvalue weighted by atomic mass is 10.0. The van der Waals surface area contributed by atoms with Crippen molar-refractivity contribution in [3.8, 4) is 0 Å². The monoisotopic (exact) mass is 837 g/mol. The molecule has 0 amide bonds. The Kier molecular flexibility index (Phi) is 38.5. The van der Waals surface area contributed by atoms with Crippen molar-refractivity contribution in [3.05, 3.63) is 60.8 Å². The summed E-state index contributed by atoms with van der Waals surface area (Å²) in [5.41, 5.74) is 0. The van der Waals surface area contributed by atoms with E-state index in [0.29, 0.717) is 17.4 Å². The number of hydrogen-bond donors (Lipinski definition) is 1. The van der Waals surface area contributed by atoms with Crippen LogP contribution in [0.25, 0.3) is 0 Å². The van der Waals surface area contributed by atoms with E-state index >= 15 is 0 Å². The van der Waals surface area contributed by atoms with Crippen LogP contribution in [0.3, 0.4) is 0 Å². The third-order valence-electron chi connectivity index (χ3n) is 9.60. The smallest absolute Gasteiger partial charge is 0.462 e. The number of esters is 2. The Labute approximate surface area is 356 Å². The Balaban J connectivity index is 4.40. The number of ether oxygens (including phenoxy) is 2. The van der Waals surface area contributed by atoms with Crippen LogP contribution in [0.4, 0.5) is 0 Å². The number of likely N-dealkylation sites (N-methyl/N-ethyl adjacent to an activating group) is 1. The van der Waals surface area contributed by atoms with Gasteiger partial charge in [0.15, 0.2) is 6.10 Å². The molecule has 1 N–H and O–H groups in total. The summed E-state index contributed by atoms with van der Waals surface area (Å²) < 4.78 is 34.2. The minimum absolute atomic E-state index is 0.00805. The van der Waals surface area contributed by atoms with Crippen LogP contribution in [0.5, 0.6) is 0 Å². The van der Waals surface area contributed by atoms with Crippen molar-refractivity contribution in [2.24, 2.45) is 0 Å². The molecule has 2 unspecified atom stereocenters. The third-order valence-corrected chi connectivity index (χ3v) is 10.6. The first-order valence-corrected chi connectivity index (χ1v) is 24.5. The maximum absolute atomic E-state index is 12.6. The minimum Gasteiger partial charge on any atom is -0.462 e. The van der Waals surface area contributed by atoms with Gasteiger partial charge in [-0.3, -0.25) is 18.6 Å². The molecule has 0 radical (unpaired) electrons. The number of carbonyl (C=O) groups excluding carboxylic acids is 2. The van der Waals surface area contributed by atoms with Gasteiger partial charge in [0, 0.05) is 6.42 Å². The van der Waals surface area contributed by atoms with Gasteiger partial charge >= 0.3 is 19.8 Å². The number of nitrogens with zero attached hydrogens (tertiary/aromatic N) is 1. The van der Waals surface area contributed by atoms with Gasteiger partial charge in [0.25, 0.3) is 0 Å². The van der Waals surface area contributed by atoms with E-state index in [4.69, 9.17) is 18.5 Å². The molecule has 0 aromatic carbocycles. The summed E-state index contributed by atoms with van der Waals surface area (Å²) in [6, 6.07) is 0. The Morgan fingerprint density at radius 2 is 0.966 bits per heavy atom. The Morgan fingerprint density at radius 1 is 0.552 bits per heavy atom. The summed E-state index contributed by atoms with van der Waals surface area (Å²) >= 11 is 0. The van der Waals surface area contributed by atoms with Crippen molar-refractivity contribution in [1.82, 2.24) is 0 Å². The predicted octanol–water partition coefficient (Wildman–Crippen LogP) is 13.2. The van der Waals surface area contributed by atoms with Gasteiger partial charge in [0.1, 0.15) is 19.8 Å². The summed E-state index contributed by atoms with van der Waals surface area (Å²) in [6.45, 7) is 4.20. The molecule has 0 aromatic heterocycles. The van der Waals surface area contributed by atoms with E-state index in [1.165, 1.54) is 103 Å². The molecule has 0 aliphatic heterocycles. The molecule has 10 heteroatoms. The average molecular weight is 837 g/mol. The van der Waals surface area contributed by atoms with Crippen molar-refractivity contribution < 1.29 is 42.1 Å². The molecule has 58 heavy (non-hydrogen) atoms. The number of quaternary nitrogens is 1. The average Bonchev–Trinajstić information content (AvgIpc) is 3.17. The Bertz CT molecular complexity index is 1170. The van der Waals surface area contributed by atoms with Crippen molar-refractivity contribution in [1.29, 1.82) is 0 Å². The first-order valence-electron chi connectivity index (χ1n) is 23.0. The minimum atomic E-state index is -4.40. The highest BCUT2D eigenvalue weighted by Gasteiger charge is 2.27. The molecule has 0 heterocycles. The quantitative estimate of drug-likeness (QED) is 0.0213. The van der Waals surface area contributed by atoms with Crippen molar-refractivity contribution in [3.63, 3.8) is 0 Å². The van der Waals surface area contributed by atoms with Gasteiger partial charge in [0.2, 0.25) is 0 Å². The molecular formula is C48H87NO8P+. The molecule has 0 spiro atoms. The highest BCUT2D eigenvalue weighted by Crippen LogP contribution is 2.43. The van der Waals surface area contributed by atoms with E-state index in [1.54, 1.807) is 6.08 Å². The number of phosphoric acid groups is 1. The maximum Gasteiger partial charge on any atom is 0.472 e. The van der Waals surface area contributed by atoms with E-state index in [-0.39, 0.29) is 26.1 Å². The second kappa shape index (κ2) is 40.1. The lowest BCUT2D eigenvalue weighted by molar-refractivity contribution is -0.870. The predicted molar refractivity (Wildman–Crippen MR) is 243 cm³/mol. The fourth-order valence-corrected chi connectivity index (χ4v) is 6.77. The highest BCUT2D eigenvalue weighted by atomic mass is 31.2. The van der Waals surface area contributed by atoms with Gasteiger partial charge in [0.05, 0.1) is 34.2 Å². The Hall–Kier alpha value is -2.29. The zero-order chi connectivity index (χ0) is 42.8.